The van der Waals surface area contributed by atoms with E-state index in [2.05, 4.69) is 55.1 Å². The molecule has 0 N–H and O–H groups in total. The van der Waals surface area contributed by atoms with E-state index in [1.165, 1.54) is 16.0 Å². The summed E-state index contributed by atoms with van der Waals surface area (Å²) in [4.78, 5) is 1.30. The first kappa shape index (κ1) is 11.0. The van der Waals surface area contributed by atoms with Crippen LogP contribution in [0, 0.1) is 0 Å². The van der Waals surface area contributed by atoms with E-state index < -0.39 is 0 Å². The van der Waals surface area contributed by atoms with Crippen molar-refractivity contribution >= 4 is 17.8 Å². The second kappa shape index (κ2) is 5.57. The molecular formula is C15H14S. The van der Waals surface area contributed by atoms with Crippen LogP contribution < -0.4 is 0 Å². The monoisotopic (exact) mass is 226 g/mol. The lowest BCUT2D eigenvalue weighted by molar-refractivity contribution is 1.38. The predicted octanol–water partition coefficient (Wildman–Crippen LogP) is 4.62. The summed E-state index contributed by atoms with van der Waals surface area (Å²) < 4.78 is 0. The zero-order valence-corrected chi connectivity index (χ0v) is 9.91. The molecule has 0 unspecified atom stereocenters. The molecule has 16 heavy (non-hydrogen) atoms. The first-order valence-electron chi connectivity index (χ1n) is 5.28. The first-order chi connectivity index (χ1) is 7.88. The van der Waals surface area contributed by atoms with Gasteiger partial charge in [-0.1, -0.05) is 55.1 Å². The summed E-state index contributed by atoms with van der Waals surface area (Å²) in [6.45, 7) is 3.75. The summed E-state index contributed by atoms with van der Waals surface area (Å²) in [6.07, 6.45) is 1.87. The summed E-state index contributed by atoms with van der Waals surface area (Å²) in [5.41, 5.74) is 2.53. The Balaban J connectivity index is 1.97. The molecule has 0 atom stereocenters. The molecule has 0 spiro atoms. The van der Waals surface area contributed by atoms with E-state index in [1.807, 2.05) is 23.9 Å². The van der Waals surface area contributed by atoms with Crippen LogP contribution >= 0.6 is 11.8 Å². The second-order valence-corrected chi connectivity index (χ2v) is 4.60. The fourth-order valence-corrected chi connectivity index (χ4v) is 2.30. The molecule has 0 saturated carbocycles. The predicted molar refractivity (Wildman–Crippen MR) is 72.5 cm³/mol. The molecule has 0 amide bonds. The van der Waals surface area contributed by atoms with Gasteiger partial charge in [-0.15, -0.1) is 11.8 Å². The zero-order chi connectivity index (χ0) is 11.2. The van der Waals surface area contributed by atoms with Gasteiger partial charge in [-0.05, 0) is 23.3 Å². The van der Waals surface area contributed by atoms with Crippen molar-refractivity contribution in [2.45, 2.75) is 10.6 Å². The molecule has 80 valence electrons. The van der Waals surface area contributed by atoms with Crippen LogP contribution in [0.1, 0.15) is 11.1 Å². The molecule has 0 aliphatic rings. The van der Waals surface area contributed by atoms with E-state index in [9.17, 15) is 0 Å². The Hall–Kier alpha value is -1.47. The third-order valence-electron chi connectivity index (χ3n) is 2.36. The molecule has 0 fully saturated rings. The average molecular weight is 226 g/mol. The summed E-state index contributed by atoms with van der Waals surface area (Å²) in [6, 6.07) is 19.0. The SMILES string of the molecule is C=Cc1ccc(SCc2ccccc2)cc1. The summed E-state index contributed by atoms with van der Waals surface area (Å²) in [7, 11) is 0. The molecule has 0 bridgehead atoms. The molecule has 0 aliphatic carbocycles. The Morgan fingerprint density at radius 2 is 1.62 bits per heavy atom. The molecule has 2 aromatic carbocycles. The van der Waals surface area contributed by atoms with Crippen molar-refractivity contribution in [3.05, 3.63) is 72.3 Å². The van der Waals surface area contributed by atoms with Gasteiger partial charge in [0.25, 0.3) is 0 Å². The van der Waals surface area contributed by atoms with Gasteiger partial charge in [0.05, 0.1) is 0 Å². The minimum absolute atomic E-state index is 1.02. The summed E-state index contributed by atoms with van der Waals surface area (Å²) >= 11 is 1.86. The average Bonchev–Trinajstić information content (AvgIpc) is 2.38. The molecule has 2 aromatic rings. The molecule has 0 radical (unpaired) electrons. The van der Waals surface area contributed by atoms with Gasteiger partial charge in [-0.25, -0.2) is 0 Å². The van der Waals surface area contributed by atoms with Crippen molar-refractivity contribution < 1.29 is 0 Å². The minimum Gasteiger partial charge on any atom is -0.121 e. The molecule has 0 saturated heterocycles. The number of thioether (sulfide) groups is 1. The summed E-state index contributed by atoms with van der Waals surface area (Å²) in [5.74, 6) is 1.02. The van der Waals surface area contributed by atoms with E-state index in [1.54, 1.807) is 0 Å². The molecule has 0 aliphatic heterocycles. The van der Waals surface area contributed by atoms with Gasteiger partial charge in [0.2, 0.25) is 0 Å². The quantitative estimate of drug-likeness (QED) is 0.685. The van der Waals surface area contributed by atoms with E-state index >= 15 is 0 Å². The van der Waals surface area contributed by atoms with Crippen molar-refractivity contribution in [3.8, 4) is 0 Å². The smallest absolute Gasteiger partial charge is 0.0231 e. The lowest BCUT2D eigenvalue weighted by atomic mass is 10.2. The van der Waals surface area contributed by atoms with E-state index in [0.29, 0.717) is 0 Å². The second-order valence-electron chi connectivity index (χ2n) is 3.55. The molecule has 0 aromatic heterocycles. The molecule has 0 nitrogen and oxygen atoms in total. The third-order valence-corrected chi connectivity index (χ3v) is 3.45. The Morgan fingerprint density at radius 1 is 0.938 bits per heavy atom. The lowest BCUT2D eigenvalue weighted by Crippen LogP contribution is -1.79. The maximum atomic E-state index is 3.75. The number of hydrogen-bond donors (Lipinski definition) is 0. The Bertz CT molecular complexity index is 443. The minimum atomic E-state index is 1.02. The Morgan fingerprint density at radius 3 is 2.25 bits per heavy atom. The zero-order valence-electron chi connectivity index (χ0n) is 9.10. The fourth-order valence-electron chi connectivity index (χ4n) is 1.44. The van der Waals surface area contributed by atoms with Gasteiger partial charge in [-0.3, -0.25) is 0 Å². The Kier molecular flexibility index (Phi) is 3.84. The highest BCUT2D eigenvalue weighted by Crippen LogP contribution is 2.22. The highest BCUT2D eigenvalue weighted by molar-refractivity contribution is 7.98. The van der Waals surface area contributed by atoms with Crippen LogP contribution in [-0.4, -0.2) is 0 Å². The van der Waals surface area contributed by atoms with Crippen molar-refractivity contribution in [1.82, 2.24) is 0 Å². The fraction of sp³-hybridized carbons (Fsp3) is 0.0667. The molecule has 1 heteroatoms. The van der Waals surface area contributed by atoms with Crippen LogP contribution in [0.15, 0.2) is 66.1 Å². The number of rotatable bonds is 4. The van der Waals surface area contributed by atoms with Crippen LogP contribution in [0.4, 0.5) is 0 Å². The lowest BCUT2D eigenvalue weighted by Gasteiger charge is -2.02. The van der Waals surface area contributed by atoms with E-state index in [0.717, 1.165) is 5.75 Å². The van der Waals surface area contributed by atoms with Gasteiger partial charge in [-0.2, -0.15) is 0 Å². The highest BCUT2D eigenvalue weighted by Gasteiger charge is 1.95. The normalized spacial score (nSPS) is 10.0. The van der Waals surface area contributed by atoms with Gasteiger partial charge >= 0.3 is 0 Å². The standard InChI is InChI=1S/C15H14S/c1-2-13-8-10-15(11-9-13)16-12-14-6-4-3-5-7-14/h2-11H,1,12H2. The number of benzene rings is 2. The molecule has 0 heterocycles. The van der Waals surface area contributed by atoms with E-state index in [4.69, 9.17) is 0 Å². The van der Waals surface area contributed by atoms with Crippen molar-refractivity contribution in [2.24, 2.45) is 0 Å². The summed E-state index contributed by atoms with van der Waals surface area (Å²) in [5, 5.41) is 0. The Labute approximate surface area is 101 Å². The van der Waals surface area contributed by atoms with Crippen LogP contribution in [0.25, 0.3) is 6.08 Å². The van der Waals surface area contributed by atoms with Gasteiger partial charge in [0.15, 0.2) is 0 Å². The van der Waals surface area contributed by atoms with Crippen LogP contribution in [-0.2, 0) is 5.75 Å². The largest absolute Gasteiger partial charge is 0.121 e. The van der Waals surface area contributed by atoms with Crippen molar-refractivity contribution in [3.63, 3.8) is 0 Å². The van der Waals surface area contributed by atoms with Crippen LogP contribution in [0.3, 0.4) is 0 Å². The van der Waals surface area contributed by atoms with Gasteiger partial charge in [0, 0.05) is 10.6 Å². The third kappa shape index (κ3) is 3.01. The molecule has 2 rings (SSSR count). The van der Waals surface area contributed by atoms with E-state index in [-0.39, 0.29) is 0 Å². The van der Waals surface area contributed by atoms with Gasteiger partial charge in [0.1, 0.15) is 0 Å². The number of hydrogen-bond acceptors (Lipinski definition) is 1. The van der Waals surface area contributed by atoms with Crippen molar-refractivity contribution in [1.29, 1.82) is 0 Å². The first-order valence-corrected chi connectivity index (χ1v) is 6.26. The van der Waals surface area contributed by atoms with Crippen LogP contribution in [0.2, 0.25) is 0 Å². The van der Waals surface area contributed by atoms with Gasteiger partial charge < -0.3 is 0 Å². The topological polar surface area (TPSA) is 0 Å². The maximum Gasteiger partial charge on any atom is 0.0231 e. The van der Waals surface area contributed by atoms with Crippen LogP contribution in [0.5, 0.6) is 0 Å². The van der Waals surface area contributed by atoms with Crippen molar-refractivity contribution in [2.75, 3.05) is 0 Å². The highest BCUT2D eigenvalue weighted by atomic mass is 32.2. The molecular weight excluding hydrogens is 212 g/mol. The maximum absolute atomic E-state index is 3.75.